The number of aliphatic imine (C=N–C) groups is 1. The third-order valence-corrected chi connectivity index (χ3v) is 2.40. The van der Waals surface area contributed by atoms with Gasteiger partial charge in [-0.25, -0.2) is 4.99 Å². The number of guanidine groups is 1. The number of hydrogen-bond acceptors (Lipinski definition) is 5. The number of fused-ring (bicyclic) bond motifs is 2. The molecular weight excluding hydrogens is 248 g/mol. The van der Waals surface area contributed by atoms with Gasteiger partial charge in [-0.3, -0.25) is 10.1 Å². The second-order valence-electron chi connectivity index (χ2n) is 3.68. The number of halogens is 2. The number of nitrogens with zero attached hydrogens (tertiary/aromatic N) is 1. The highest BCUT2D eigenvalue weighted by Gasteiger charge is 2.46. The number of alkyl halides is 2. The quantitative estimate of drug-likeness (QED) is 0.662. The van der Waals surface area contributed by atoms with Crippen molar-refractivity contribution in [2.45, 2.75) is 12.3 Å². The largest absolute Gasteiger partial charge is 0.586 e. The summed E-state index contributed by atoms with van der Waals surface area (Å²) >= 11 is 0. The Hall–Kier alpha value is -2.38. The molecular formula is C10H7F2N3O3. The Morgan fingerprint density at radius 3 is 2.94 bits per heavy atom. The number of nitrogens with one attached hydrogen (secondary N) is 2. The molecule has 0 saturated carbocycles. The van der Waals surface area contributed by atoms with Crippen LogP contribution in [0, 0.1) is 0 Å². The molecule has 1 fully saturated rings. The third-order valence-electron chi connectivity index (χ3n) is 2.40. The van der Waals surface area contributed by atoms with Crippen LogP contribution in [0.15, 0.2) is 40.4 Å². The van der Waals surface area contributed by atoms with Crippen LogP contribution in [0.2, 0.25) is 0 Å². The predicted octanol–water partition coefficient (Wildman–Crippen LogP) is 0.323. The van der Waals surface area contributed by atoms with Crippen LogP contribution in [0.1, 0.15) is 0 Å². The van der Waals surface area contributed by atoms with Crippen LogP contribution in [-0.4, -0.2) is 24.7 Å². The Bertz CT molecular complexity index is 536. The topological polar surface area (TPSA) is 72.0 Å². The molecule has 1 amide bonds. The van der Waals surface area contributed by atoms with Crippen molar-refractivity contribution in [1.29, 1.82) is 0 Å². The van der Waals surface area contributed by atoms with Crippen molar-refractivity contribution in [3.05, 3.63) is 35.4 Å². The molecule has 2 N–H and O–H groups in total. The molecule has 0 radical (unpaired) electrons. The highest BCUT2D eigenvalue weighted by Crippen LogP contribution is 2.38. The molecule has 2 heterocycles. The number of carbonyl (C=O) groups excluding carboxylic acids is 1. The van der Waals surface area contributed by atoms with Gasteiger partial charge in [0.25, 0.3) is 0 Å². The maximum Gasteiger partial charge on any atom is 0.586 e. The van der Waals surface area contributed by atoms with E-state index in [0.717, 1.165) is 0 Å². The molecule has 3 rings (SSSR count). The average molecular weight is 255 g/mol. The third kappa shape index (κ3) is 1.81. The summed E-state index contributed by atoms with van der Waals surface area (Å²) in [6.45, 7) is 0. The fraction of sp³-hybridized carbons (Fsp3) is 0.200. The van der Waals surface area contributed by atoms with E-state index < -0.39 is 12.3 Å². The summed E-state index contributed by atoms with van der Waals surface area (Å²) in [7, 11) is 0. The van der Waals surface area contributed by atoms with Crippen LogP contribution in [0.4, 0.5) is 8.78 Å². The molecule has 3 aliphatic rings. The predicted molar refractivity (Wildman–Crippen MR) is 54.9 cm³/mol. The van der Waals surface area contributed by atoms with E-state index in [1.165, 1.54) is 12.2 Å². The van der Waals surface area contributed by atoms with Crippen molar-refractivity contribution in [3.8, 4) is 0 Å². The van der Waals surface area contributed by atoms with Crippen molar-refractivity contribution in [2.24, 2.45) is 4.99 Å². The lowest BCUT2D eigenvalue weighted by Gasteiger charge is -2.16. The lowest BCUT2D eigenvalue weighted by molar-refractivity contribution is -0.326. The molecule has 0 spiro atoms. The molecule has 1 unspecified atom stereocenters. The minimum atomic E-state index is -3.66. The Kier molecular flexibility index (Phi) is 2.12. The van der Waals surface area contributed by atoms with Crippen molar-refractivity contribution in [1.82, 2.24) is 10.6 Å². The van der Waals surface area contributed by atoms with Gasteiger partial charge < -0.3 is 14.8 Å². The fourth-order valence-electron chi connectivity index (χ4n) is 1.77. The number of allylic oxidation sites excluding steroid dienone is 1. The summed E-state index contributed by atoms with van der Waals surface area (Å²) in [5.74, 6) is 0.0749. The van der Waals surface area contributed by atoms with Crippen LogP contribution in [-0.2, 0) is 14.3 Å². The second kappa shape index (κ2) is 3.56. The van der Waals surface area contributed by atoms with E-state index in [1.54, 1.807) is 6.08 Å². The zero-order valence-corrected chi connectivity index (χ0v) is 8.81. The van der Waals surface area contributed by atoms with Gasteiger partial charge in [0.2, 0.25) is 12.4 Å². The monoisotopic (exact) mass is 255 g/mol. The highest BCUT2D eigenvalue weighted by molar-refractivity contribution is 5.91. The normalized spacial score (nSPS) is 26.9. The van der Waals surface area contributed by atoms with E-state index in [0.29, 0.717) is 12.1 Å². The van der Waals surface area contributed by atoms with Crippen LogP contribution in [0.5, 0.6) is 0 Å². The first-order valence-corrected chi connectivity index (χ1v) is 5.02. The van der Waals surface area contributed by atoms with Gasteiger partial charge in [0, 0.05) is 11.8 Å². The van der Waals surface area contributed by atoms with Crippen molar-refractivity contribution in [2.75, 3.05) is 0 Å². The van der Waals surface area contributed by atoms with Crippen molar-refractivity contribution in [3.63, 3.8) is 0 Å². The van der Waals surface area contributed by atoms with Gasteiger partial charge in [-0.05, 0) is 12.2 Å². The Morgan fingerprint density at radius 1 is 1.39 bits per heavy atom. The van der Waals surface area contributed by atoms with Gasteiger partial charge in [-0.15, -0.1) is 8.78 Å². The van der Waals surface area contributed by atoms with Gasteiger partial charge in [0.15, 0.2) is 11.5 Å². The summed E-state index contributed by atoms with van der Waals surface area (Å²) in [5.41, 5.74) is 0.488. The second-order valence-corrected chi connectivity index (χ2v) is 3.68. The van der Waals surface area contributed by atoms with E-state index in [9.17, 15) is 13.6 Å². The minimum absolute atomic E-state index is 0.0749. The fourth-order valence-corrected chi connectivity index (χ4v) is 1.77. The number of hydrogen-bond donors (Lipinski definition) is 2. The summed E-state index contributed by atoms with van der Waals surface area (Å²) in [4.78, 5) is 14.4. The smallest absolute Gasteiger partial charge is 0.396 e. The number of ether oxygens (including phenoxy) is 2. The van der Waals surface area contributed by atoms with E-state index in [2.05, 4.69) is 25.1 Å². The summed E-state index contributed by atoms with van der Waals surface area (Å²) in [5, 5.41) is 5.10. The van der Waals surface area contributed by atoms with Gasteiger partial charge in [-0.1, -0.05) is 0 Å². The summed E-state index contributed by atoms with van der Waals surface area (Å²) < 4.78 is 34.5. The molecule has 8 heteroatoms. The Balaban J connectivity index is 1.94. The molecule has 0 aromatic rings. The number of rotatable bonds is 1. The van der Waals surface area contributed by atoms with Crippen LogP contribution < -0.4 is 10.6 Å². The molecule has 6 nitrogen and oxygen atoms in total. The van der Waals surface area contributed by atoms with Gasteiger partial charge >= 0.3 is 6.29 Å². The molecule has 94 valence electrons. The van der Waals surface area contributed by atoms with E-state index in [-0.39, 0.29) is 17.5 Å². The maximum absolute atomic E-state index is 12.9. The molecule has 0 aromatic heterocycles. The molecule has 1 atom stereocenters. The van der Waals surface area contributed by atoms with Crippen LogP contribution >= 0.6 is 0 Å². The van der Waals surface area contributed by atoms with Crippen LogP contribution in [0.3, 0.4) is 0 Å². The van der Waals surface area contributed by atoms with Crippen molar-refractivity contribution < 1.29 is 23.0 Å². The van der Waals surface area contributed by atoms with E-state index >= 15 is 0 Å². The minimum Gasteiger partial charge on any atom is -0.396 e. The molecule has 1 saturated heterocycles. The van der Waals surface area contributed by atoms with Gasteiger partial charge in [0.05, 0.1) is 6.04 Å². The number of amides is 1. The summed E-state index contributed by atoms with van der Waals surface area (Å²) in [6, 6.07) is -0.509. The summed E-state index contributed by atoms with van der Waals surface area (Å²) in [6.07, 6.45) is 1.23. The Labute approximate surface area is 99.7 Å². The molecule has 18 heavy (non-hydrogen) atoms. The first kappa shape index (κ1) is 10.8. The average Bonchev–Trinajstić information content (AvgIpc) is 2.47. The van der Waals surface area contributed by atoms with E-state index in [4.69, 9.17) is 0 Å². The highest BCUT2D eigenvalue weighted by atomic mass is 19.3. The van der Waals surface area contributed by atoms with E-state index in [1.807, 2.05) is 0 Å². The Morgan fingerprint density at radius 2 is 2.17 bits per heavy atom. The van der Waals surface area contributed by atoms with Crippen molar-refractivity contribution >= 4 is 12.4 Å². The first-order chi connectivity index (χ1) is 8.55. The molecule has 1 aliphatic carbocycles. The maximum atomic E-state index is 12.9. The lowest BCUT2D eigenvalue weighted by atomic mass is 10.2. The SMILES string of the molecule is O=CNC1=NC2C=C(C=C3OC(F)(F)OC3=C2)N1. The van der Waals surface area contributed by atoms with Gasteiger partial charge in [0.1, 0.15) is 0 Å². The lowest BCUT2D eigenvalue weighted by Crippen LogP contribution is -2.39. The zero-order valence-electron chi connectivity index (χ0n) is 8.81. The standard InChI is InChI=1S/C10H7F2N3O3/c11-10(12)17-7-2-5-1-6(3-8(7)18-10)15-9(14-5)13-4-16/h1-5H,(H2,13,14,15,16). The molecule has 0 aromatic carbocycles. The zero-order chi connectivity index (χ0) is 12.8. The number of carbonyl (C=O) groups is 1. The van der Waals surface area contributed by atoms with Gasteiger partial charge in [-0.2, -0.15) is 0 Å². The van der Waals surface area contributed by atoms with Crippen LogP contribution in [0.25, 0.3) is 0 Å². The first-order valence-electron chi connectivity index (χ1n) is 5.02. The molecule has 2 bridgehead atoms. The molecule has 2 aliphatic heterocycles.